The van der Waals surface area contributed by atoms with Crippen LogP contribution in [0.15, 0.2) is 22.7 Å². The Hall–Kier alpha value is -1.88. The minimum atomic E-state index is 0.406. The van der Waals surface area contributed by atoms with E-state index < -0.39 is 0 Å². The molecule has 1 atom stereocenters. The topological polar surface area (TPSA) is 60.2 Å². The summed E-state index contributed by atoms with van der Waals surface area (Å²) in [5.74, 6) is 2.33. The second-order valence-corrected chi connectivity index (χ2v) is 5.45. The average Bonchev–Trinajstić information content (AvgIpc) is 2.92. The molecule has 1 aliphatic carbocycles. The second-order valence-electron chi connectivity index (χ2n) is 5.45. The van der Waals surface area contributed by atoms with Crippen LogP contribution in [-0.2, 0) is 12.8 Å². The molecule has 1 heterocycles. The molecule has 1 aromatic carbocycles. The summed E-state index contributed by atoms with van der Waals surface area (Å²) in [7, 11) is 1.71. The summed E-state index contributed by atoms with van der Waals surface area (Å²) in [5, 5.41) is 7.41. The van der Waals surface area contributed by atoms with Crippen molar-refractivity contribution in [2.75, 3.05) is 13.7 Å². The molecule has 0 aliphatic heterocycles. The molecule has 0 fully saturated rings. The van der Waals surface area contributed by atoms with Crippen molar-refractivity contribution in [2.24, 2.45) is 0 Å². The first-order chi connectivity index (χ1) is 10.3. The van der Waals surface area contributed by atoms with Crippen LogP contribution in [0.2, 0.25) is 0 Å². The van der Waals surface area contributed by atoms with E-state index in [4.69, 9.17) is 9.26 Å². The first kappa shape index (κ1) is 14.1. The summed E-state index contributed by atoms with van der Waals surface area (Å²) in [4.78, 5) is 4.23. The molecule has 0 bridgehead atoms. The van der Waals surface area contributed by atoms with Gasteiger partial charge in [-0.15, -0.1) is 0 Å². The third-order valence-corrected chi connectivity index (χ3v) is 3.96. The number of benzene rings is 1. The van der Waals surface area contributed by atoms with Gasteiger partial charge in [0, 0.05) is 19.0 Å². The van der Waals surface area contributed by atoms with E-state index >= 15 is 0 Å². The molecule has 0 radical (unpaired) electrons. The van der Waals surface area contributed by atoms with Gasteiger partial charge in [-0.3, -0.25) is 0 Å². The molecule has 3 rings (SSSR count). The predicted octanol–water partition coefficient (Wildman–Crippen LogP) is 2.60. The minimum absolute atomic E-state index is 0.406. The Morgan fingerprint density at radius 1 is 1.43 bits per heavy atom. The standard InChI is InChI=1S/C16H21N3O2/c1-11-18-16(21-19-11)8-9-17-15-5-3-4-12-10-13(20-2)6-7-14(12)15/h6-7,10,15,17H,3-5,8-9H2,1-2H3/t15-/m0/s1. The number of fused-ring (bicyclic) bond motifs is 1. The van der Waals surface area contributed by atoms with Crippen molar-refractivity contribution in [3.8, 4) is 5.75 Å². The molecule has 21 heavy (non-hydrogen) atoms. The van der Waals surface area contributed by atoms with Gasteiger partial charge in [-0.2, -0.15) is 4.98 Å². The molecule has 2 aromatic rings. The maximum absolute atomic E-state index is 5.31. The molecule has 1 aromatic heterocycles. The first-order valence-corrected chi connectivity index (χ1v) is 7.45. The summed E-state index contributed by atoms with van der Waals surface area (Å²) < 4.78 is 10.4. The second kappa shape index (κ2) is 6.26. The van der Waals surface area contributed by atoms with E-state index in [2.05, 4.69) is 27.6 Å². The zero-order valence-electron chi connectivity index (χ0n) is 12.6. The van der Waals surface area contributed by atoms with Crippen LogP contribution < -0.4 is 10.1 Å². The SMILES string of the molecule is COc1ccc2c(c1)CCC[C@@H]2NCCc1nc(C)no1. The molecular formula is C16H21N3O2. The maximum Gasteiger partial charge on any atom is 0.227 e. The number of aryl methyl sites for hydroxylation is 2. The lowest BCUT2D eigenvalue weighted by atomic mass is 9.87. The fourth-order valence-electron chi connectivity index (χ4n) is 2.92. The fraction of sp³-hybridized carbons (Fsp3) is 0.500. The number of nitrogens with one attached hydrogen (secondary N) is 1. The summed E-state index contributed by atoms with van der Waals surface area (Å²) in [6.07, 6.45) is 4.27. The molecule has 112 valence electrons. The third-order valence-electron chi connectivity index (χ3n) is 3.96. The number of hydrogen-bond donors (Lipinski definition) is 1. The van der Waals surface area contributed by atoms with E-state index in [1.807, 2.05) is 13.0 Å². The van der Waals surface area contributed by atoms with Gasteiger partial charge in [0.25, 0.3) is 0 Å². The molecule has 5 heteroatoms. The average molecular weight is 287 g/mol. The molecule has 0 amide bonds. The van der Waals surface area contributed by atoms with E-state index in [0.29, 0.717) is 17.8 Å². The van der Waals surface area contributed by atoms with Gasteiger partial charge in [-0.1, -0.05) is 11.2 Å². The van der Waals surface area contributed by atoms with Gasteiger partial charge in [-0.05, 0) is 49.4 Å². The summed E-state index contributed by atoms with van der Waals surface area (Å²) in [6.45, 7) is 2.68. The first-order valence-electron chi connectivity index (χ1n) is 7.45. The Kier molecular flexibility index (Phi) is 4.20. The molecule has 0 spiro atoms. The lowest BCUT2D eigenvalue weighted by Gasteiger charge is -2.26. The van der Waals surface area contributed by atoms with Crippen LogP contribution in [0.25, 0.3) is 0 Å². The highest BCUT2D eigenvalue weighted by Crippen LogP contribution is 2.32. The summed E-state index contributed by atoms with van der Waals surface area (Å²) in [6, 6.07) is 6.79. The minimum Gasteiger partial charge on any atom is -0.497 e. The largest absolute Gasteiger partial charge is 0.497 e. The van der Waals surface area contributed by atoms with E-state index in [1.165, 1.54) is 24.0 Å². The Morgan fingerprint density at radius 2 is 2.33 bits per heavy atom. The van der Waals surface area contributed by atoms with Crippen LogP contribution in [0, 0.1) is 6.92 Å². The number of rotatable bonds is 5. The van der Waals surface area contributed by atoms with Crippen LogP contribution in [0.5, 0.6) is 5.75 Å². The van der Waals surface area contributed by atoms with Crippen molar-refractivity contribution in [3.05, 3.63) is 41.0 Å². The van der Waals surface area contributed by atoms with Crippen LogP contribution >= 0.6 is 0 Å². The van der Waals surface area contributed by atoms with E-state index in [-0.39, 0.29) is 0 Å². The van der Waals surface area contributed by atoms with Crippen LogP contribution in [0.4, 0.5) is 0 Å². The quantitative estimate of drug-likeness (QED) is 0.916. The Labute approximate surface area is 124 Å². The van der Waals surface area contributed by atoms with Crippen molar-refractivity contribution in [3.63, 3.8) is 0 Å². The van der Waals surface area contributed by atoms with Gasteiger partial charge in [0.15, 0.2) is 5.82 Å². The van der Waals surface area contributed by atoms with Gasteiger partial charge in [-0.25, -0.2) is 0 Å². The number of nitrogens with zero attached hydrogens (tertiary/aromatic N) is 2. The van der Waals surface area contributed by atoms with Gasteiger partial charge < -0.3 is 14.6 Å². The molecule has 1 aliphatic rings. The van der Waals surface area contributed by atoms with Crippen LogP contribution in [0.1, 0.15) is 41.7 Å². The lowest BCUT2D eigenvalue weighted by Crippen LogP contribution is -2.27. The lowest BCUT2D eigenvalue weighted by molar-refractivity contribution is 0.365. The summed E-state index contributed by atoms with van der Waals surface area (Å²) >= 11 is 0. The van der Waals surface area contributed by atoms with E-state index in [9.17, 15) is 0 Å². The van der Waals surface area contributed by atoms with Crippen LogP contribution in [-0.4, -0.2) is 23.8 Å². The van der Waals surface area contributed by atoms with Gasteiger partial charge in [0.05, 0.1) is 7.11 Å². The molecular weight excluding hydrogens is 266 g/mol. The van der Waals surface area contributed by atoms with E-state index in [1.54, 1.807) is 7.11 Å². The van der Waals surface area contributed by atoms with Crippen molar-refractivity contribution >= 4 is 0 Å². The normalized spacial score (nSPS) is 17.5. The van der Waals surface area contributed by atoms with Crippen molar-refractivity contribution in [1.29, 1.82) is 0 Å². The maximum atomic E-state index is 5.31. The van der Waals surface area contributed by atoms with Gasteiger partial charge in [0.2, 0.25) is 5.89 Å². The number of ether oxygens (including phenoxy) is 1. The van der Waals surface area contributed by atoms with Crippen LogP contribution in [0.3, 0.4) is 0 Å². The molecule has 1 N–H and O–H groups in total. The molecule has 0 saturated heterocycles. The highest BCUT2D eigenvalue weighted by Gasteiger charge is 2.20. The number of aromatic nitrogens is 2. The fourth-order valence-corrected chi connectivity index (χ4v) is 2.92. The molecule has 0 unspecified atom stereocenters. The van der Waals surface area contributed by atoms with E-state index in [0.717, 1.165) is 25.1 Å². The predicted molar refractivity (Wildman–Crippen MR) is 79.4 cm³/mol. The number of hydrogen-bond acceptors (Lipinski definition) is 5. The summed E-state index contributed by atoms with van der Waals surface area (Å²) in [5.41, 5.74) is 2.79. The zero-order chi connectivity index (χ0) is 14.7. The third kappa shape index (κ3) is 3.24. The van der Waals surface area contributed by atoms with Gasteiger partial charge in [0.1, 0.15) is 5.75 Å². The highest BCUT2D eigenvalue weighted by atomic mass is 16.5. The van der Waals surface area contributed by atoms with Crippen molar-refractivity contribution in [2.45, 2.75) is 38.6 Å². The Balaban J connectivity index is 1.62. The molecule has 0 saturated carbocycles. The zero-order valence-corrected chi connectivity index (χ0v) is 12.6. The van der Waals surface area contributed by atoms with Gasteiger partial charge >= 0.3 is 0 Å². The van der Waals surface area contributed by atoms with Crippen molar-refractivity contribution < 1.29 is 9.26 Å². The molecule has 5 nitrogen and oxygen atoms in total. The monoisotopic (exact) mass is 287 g/mol. The number of methoxy groups -OCH3 is 1. The highest BCUT2D eigenvalue weighted by molar-refractivity contribution is 5.39. The smallest absolute Gasteiger partial charge is 0.227 e. The van der Waals surface area contributed by atoms with Crippen molar-refractivity contribution in [1.82, 2.24) is 15.5 Å². The Morgan fingerprint density at radius 3 is 3.10 bits per heavy atom. The Bertz CT molecular complexity index is 609.